The average molecular weight is 196 g/mol. The average Bonchev–Trinajstić information content (AvgIpc) is 2.44. The topological polar surface area (TPSA) is 24.9 Å². The van der Waals surface area contributed by atoms with Crippen molar-refractivity contribution in [3.05, 3.63) is 15.6 Å². The van der Waals surface area contributed by atoms with Gasteiger partial charge in [0, 0.05) is 4.88 Å². The van der Waals surface area contributed by atoms with Crippen LogP contribution in [0.5, 0.6) is 0 Å². The second-order valence-electron chi connectivity index (χ2n) is 3.77. The zero-order valence-electron chi connectivity index (χ0n) is 8.26. The summed E-state index contributed by atoms with van der Waals surface area (Å²) < 4.78 is 0. The molecule has 3 heteroatoms. The van der Waals surface area contributed by atoms with Gasteiger partial charge in [-0.3, -0.25) is 0 Å². The molecule has 1 heterocycles. The largest absolute Gasteiger partial charge is 0.319 e. The van der Waals surface area contributed by atoms with Crippen LogP contribution < -0.4 is 5.32 Å². The lowest BCUT2D eigenvalue weighted by Gasteiger charge is -2.20. The van der Waals surface area contributed by atoms with Crippen molar-refractivity contribution >= 4 is 11.3 Å². The van der Waals surface area contributed by atoms with Crippen LogP contribution in [0.4, 0.5) is 0 Å². The molecule has 0 bridgehead atoms. The Labute approximate surface area is 83.4 Å². The quantitative estimate of drug-likeness (QED) is 0.780. The molecule has 0 spiro atoms. The molecule has 72 valence electrons. The number of aryl methyl sites for hydroxylation is 2. The molecule has 0 fully saturated rings. The van der Waals surface area contributed by atoms with E-state index < -0.39 is 0 Å². The van der Waals surface area contributed by atoms with Gasteiger partial charge in [-0.1, -0.05) is 0 Å². The monoisotopic (exact) mass is 196 g/mol. The number of fused-ring (bicyclic) bond motifs is 1. The van der Waals surface area contributed by atoms with Gasteiger partial charge in [0.25, 0.3) is 0 Å². The number of nitrogens with zero attached hydrogens (tertiary/aromatic N) is 1. The van der Waals surface area contributed by atoms with Gasteiger partial charge in [0.15, 0.2) is 0 Å². The molecule has 0 saturated heterocycles. The first kappa shape index (κ1) is 9.16. The molecule has 2 rings (SSSR count). The molecular formula is C10H16N2S. The molecule has 1 aliphatic carbocycles. The summed E-state index contributed by atoms with van der Waals surface area (Å²) in [6.45, 7) is 3.24. The van der Waals surface area contributed by atoms with E-state index in [2.05, 4.69) is 17.2 Å². The standard InChI is InChI=1S/C10H16N2S/c1-7-12-9-5-8(6-11-2)3-4-10(9)13-7/h8,11H,3-6H2,1-2H3/t8-/m1/s1. The predicted octanol–water partition coefficient (Wildman–Crippen LogP) is 1.78. The summed E-state index contributed by atoms with van der Waals surface area (Å²) in [5, 5.41) is 4.48. The van der Waals surface area contributed by atoms with Crippen molar-refractivity contribution in [2.75, 3.05) is 13.6 Å². The van der Waals surface area contributed by atoms with Crippen LogP contribution >= 0.6 is 11.3 Å². The van der Waals surface area contributed by atoms with Crippen molar-refractivity contribution < 1.29 is 0 Å². The first-order valence-corrected chi connectivity index (χ1v) is 5.71. The lowest BCUT2D eigenvalue weighted by molar-refractivity contribution is 0.438. The van der Waals surface area contributed by atoms with Crippen LogP contribution in [0.1, 0.15) is 22.0 Å². The zero-order valence-corrected chi connectivity index (χ0v) is 9.08. The number of hydrogen-bond donors (Lipinski definition) is 1. The molecule has 1 aliphatic rings. The minimum atomic E-state index is 0.805. The van der Waals surface area contributed by atoms with Crippen molar-refractivity contribution in [2.45, 2.75) is 26.2 Å². The van der Waals surface area contributed by atoms with Gasteiger partial charge in [-0.2, -0.15) is 0 Å². The van der Waals surface area contributed by atoms with Crippen LogP contribution in [0.15, 0.2) is 0 Å². The summed E-state index contributed by atoms with van der Waals surface area (Å²) in [5.74, 6) is 0.805. The first-order chi connectivity index (χ1) is 6.29. The van der Waals surface area contributed by atoms with Crippen LogP contribution in [0.2, 0.25) is 0 Å². The summed E-state index contributed by atoms with van der Waals surface area (Å²) in [7, 11) is 2.03. The van der Waals surface area contributed by atoms with Crippen molar-refractivity contribution in [1.82, 2.24) is 10.3 Å². The highest BCUT2D eigenvalue weighted by atomic mass is 32.1. The summed E-state index contributed by atoms with van der Waals surface area (Å²) >= 11 is 1.88. The van der Waals surface area contributed by atoms with Gasteiger partial charge >= 0.3 is 0 Å². The summed E-state index contributed by atoms with van der Waals surface area (Å²) in [4.78, 5) is 6.11. The van der Waals surface area contributed by atoms with E-state index in [4.69, 9.17) is 0 Å². The summed E-state index contributed by atoms with van der Waals surface area (Å²) in [5.41, 5.74) is 1.37. The molecule has 1 atom stereocenters. The Hall–Kier alpha value is -0.410. The molecule has 1 N–H and O–H groups in total. The molecular weight excluding hydrogens is 180 g/mol. The van der Waals surface area contributed by atoms with Gasteiger partial charge in [0.2, 0.25) is 0 Å². The van der Waals surface area contributed by atoms with E-state index in [9.17, 15) is 0 Å². The number of aromatic nitrogens is 1. The molecule has 0 unspecified atom stereocenters. The second-order valence-corrected chi connectivity index (χ2v) is 5.06. The fourth-order valence-electron chi connectivity index (χ4n) is 2.04. The maximum Gasteiger partial charge on any atom is 0.0900 e. The van der Waals surface area contributed by atoms with Gasteiger partial charge in [0.05, 0.1) is 10.7 Å². The Balaban J connectivity index is 2.10. The molecule has 0 aromatic carbocycles. The molecule has 0 aliphatic heterocycles. The van der Waals surface area contributed by atoms with E-state index in [1.807, 2.05) is 18.4 Å². The lowest BCUT2D eigenvalue weighted by atomic mass is 9.91. The normalized spacial score (nSPS) is 21.5. The smallest absolute Gasteiger partial charge is 0.0900 e. The van der Waals surface area contributed by atoms with Crippen LogP contribution in [0.25, 0.3) is 0 Å². The number of nitrogens with one attached hydrogen (secondary N) is 1. The molecule has 1 aromatic rings. The van der Waals surface area contributed by atoms with Gasteiger partial charge < -0.3 is 5.32 Å². The minimum absolute atomic E-state index is 0.805. The maximum absolute atomic E-state index is 4.57. The Morgan fingerprint density at radius 1 is 1.62 bits per heavy atom. The Bertz CT molecular complexity index is 293. The van der Waals surface area contributed by atoms with E-state index in [-0.39, 0.29) is 0 Å². The van der Waals surface area contributed by atoms with Crippen molar-refractivity contribution in [1.29, 1.82) is 0 Å². The number of rotatable bonds is 2. The van der Waals surface area contributed by atoms with Crippen molar-refractivity contribution in [3.63, 3.8) is 0 Å². The number of hydrogen-bond acceptors (Lipinski definition) is 3. The predicted molar refractivity (Wildman–Crippen MR) is 56.3 cm³/mol. The highest BCUT2D eigenvalue weighted by Gasteiger charge is 2.20. The molecule has 2 nitrogen and oxygen atoms in total. The zero-order chi connectivity index (χ0) is 9.26. The fourth-order valence-corrected chi connectivity index (χ4v) is 3.02. The highest BCUT2D eigenvalue weighted by Crippen LogP contribution is 2.28. The van der Waals surface area contributed by atoms with Crippen LogP contribution in [-0.4, -0.2) is 18.6 Å². The van der Waals surface area contributed by atoms with E-state index in [1.165, 1.54) is 34.8 Å². The van der Waals surface area contributed by atoms with Gasteiger partial charge in [-0.05, 0) is 45.7 Å². The van der Waals surface area contributed by atoms with Gasteiger partial charge in [0.1, 0.15) is 0 Å². The third kappa shape index (κ3) is 1.92. The van der Waals surface area contributed by atoms with Gasteiger partial charge in [-0.15, -0.1) is 11.3 Å². The summed E-state index contributed by atoms with van der Waals surface area (Å²) in [6, 6.07) is 0. The van der Waals surface area contributed by atoms with Crippen molar-refractivity contribution in [2.24, 2.45) is 5.92 Å². The van der Waals surface area contributed by atoms with E-state index >= 15 is 0 Å². The summed E-state index contributed by atoms with van der Waals surface area (Å²) in [6.07, 6.45) is 3.75. The van der Waals surface area contributed by atoms with E-state index in [0.29, 0.717) is 0 Å². The SMILES string of the molecule is CNC[C@@H]1CCc2sc(C)nc2C1. The maximum atomic E-state index is 4.57. The molecule has 0 amide bonds. The Kier molecular flexibility index (Phi) is 2.65. The third-order valence-electron chi connectivity index (χ3n) is 2.64. The van der Waals surface area contributed by atoms with Gasteiger partial charge in [-0.25, -0.2) is 4.98 Å². The minimum Gasteiger partial charge on any atom is -0.319 e. The Morgan fingerprint density at radius 2 is 2.46 bits per heavy atom. The first-order valence-electron chi connectivity index (χ1n) is 4.89. The van der Waals surface area contributed by atoms with E-state index in [1.54, 1.807) is 0 Å². The Morgan fingerprint density at radius 3 is 3.23 bits per heavy atom. The van der Waals surface area contributed by atoms with Crippen molar-refractivity contribution in [3.8, 4) is 0 Å². The van der Waals surface area contributed by atoms with Crippen LogP contribution in [0, 0.1) is 12.8 Å². The number of thiazole rings is 1. The molecule has 0 saturated carbocycles. The second kappa shape index (κ2) is 3.76. The van der Waals surface area contributed by atoms with Crippen LogP contribution in [-0.2, 0) is 12.8 Å². The van der Waals surface area contributed by atoms with E-state index in [0.717, 1.165) is 12.5 Å². The fraction of sp³-hybridized carbons (Fsp3) is 0.700. The molecule has 1 aromatic heterocycles. The van der Waals surface area contributed by atoms with Crippen LogP contribution in [0.3, 0.4) is 0 Å². The third-order valence-corrected chi connectivity index (χ3v) is 3.71. The lowest BCUT2D eigenvalue weighted by Crippen LogP contribution is -2.24. The molecule has 13 heavy (non-hydrogen) atoms. The highest BCUT2D eigenvalue weighted by molar-refractivity contribution is 7.11. The molecule has 0 radical (unpaired) electrons.